The Balaban J connectivity index is 1.75. The van der Waals surface area contributed by atoms with Crippen LogP contribution in [0.3, 0.4) is 0 Å². The third-order valence-electron chi connectivity index (χ3n) is 4.31. The van der Waals surface area contributed by atoms with Gasteiger partial charge >= 0.3 is 0 Å². The number of rotatable bonds is 4. The van der Waals surface area contributed by atoms with E-state index in [0.717, 1.165) is 19.4 Å². The summed E-state index contributed by atoms with van der Waals surface area (Å²) >= 11 is 0. The average molecular weight is 315 g/mol. The number of carbonyl (C=O) groups is 1. The Kier molecular flexibility index (Phi) is 4.71. The van der Waals surface area contributed by atoms with Gasteiger partial charge in [-0.2, -0.15) is 0 Å². The highest BCUT2D eigenvalue weighted by Crippen LogP contribution is 2.17. The first-order valence-corrected chi connectivity index (χ1v) is 7.90. The van der Waals surface area contributed by atoms with Crippen molar-refractivity contribution in [2.45, 2.75) is 19.4 Å². The van der Waals surface area contributed by atoms with Gasteiger partial charge in [0.1, 0.15) is 6.54 Å². The molecule has 0 spiro atoms. The molecule has 0 saturated carbocycles. The summed E-state index contributed by atoms with van der Waals surface area (Å²) in [5.41, 5.74) is 0.480. The highest BCUT2D eigenvalue weighted by Gasteiger charge is 2.24. The number of aromatic nitrogens is 2. The number of likely N-dealkylation sites (tertiary alicyclic amines) is 1. The zero-order chi connectivity index (χ0) is 16.2. The molecule has 3 rings (SSSR count). The summed E-state index contributed by atoms with van der Waals surface area (Å²) in [5.74, 6) is 0.342. The van der Waals surface area contributed by atoms with Crippen molar-refractivity contribution in [3.63, 3.8) is 0 Å². The van der Waals surface area contributed by atoms with Gasteiger partial charge in [0.05, 0.1) is 23.8 Å². The number of carbonyl (C=O) groups excluding carboxylic acids is 1. The number of ether oxygens (including phenoxy) is 1. The second-order valence-electron chi connectivity index (χ2n) is 6.00. The van der Waals surface area contributed by atoms with Crippen molar-refractivity contribution in [3.05, 3.63) is 40.9 Å². The van der Waals surface area contributed by atoms with Gasteiger partial charge in [0.25, 0.3) is 5.56 Å². The lowest BCUT2D eigenvalue weighted by molar-refractivity contribution is -0.134. The highest BCUT2D eigenvalue weighted by molar-refractivity contribution is 5.79. The molecule has 2 aromatic rings. The topological polar surface area (TPSA) is 64.4 Å². The molecule has 6 heteroatoms. The van der Waals surface area contributed by atoms with Crippen LogP contribution in [0.4, 0.5) is 0 Å². The van der Waals surface area contributed by atoms with Crippen molar-refractivity contribution in [1.29, 1.82) is 0 Å². The summed E-state index contributed by atoms with van der Waals surface area (Å²) in [6.45, 7) is 2.15. The van der Waals surface area contributed by atoms with Crippen molar-refractivity contribution >= 4 is 16.8 Å². The largest absolute Gasteiger partial charge is 0.384 e. The lowest BCUT2D eigenvalue weighted by Crippen LogP contribution is -2.43. The number of piperidine rings is 1. The molecule has 1 atom stereocenters. The molecule has 0 radical (unpaired) electrons. The Hall–Kier alpha value is -2.21. The van der Waals surface area contributed by atoms with Gasteiger partial charge in [-0.3, -0.25) is 14.2 Å². The van der Waals surface area contributed by atoms with Crippen LogP contribution in [0.5, 0.6) is 0 Å². The maximum atomic E-state index is 12.5. The van der Waals surface area contributed by atoms with Crippen LogP contribution in [0.15, 0.2) is 35.4 Å². The molecular weight excluding hydrogens is 294 g/mol. The molecule has 0 bridgehead atoms. The molecule has 1 aliphatic heterocycles. The van der Waals surface area contributed by atoms with E-state index in [2.05, 4.69) is 4.98 Å². The van der Waals surface area contributed by atoms with E-state index in [9.17, 15) is 9.59 Å². The van der Waals surface area contributed by atoms with Crippen molar-refractivity contribution in [3.8, 4) is 0 Å². The fourth-order valence-electron chi connectivity index (χ4n) is 3.13. The van der Waals surface area contributed by atoms with Gasteiger partial charge in [0, 0.05) is 20.2 Å². The smallest absolute Gasteiger partial charge is 0.261 e. The van der Waals surface area contributed by atoms with E-state index in [-0.39, 0.29) is 18.0 Å². The summed E-state index contributed by atoms with van der Waals surface area (Å²) in [4.78, 5) is 31.0. The fraction of sp³-hybridized carbons (Fsp3) is 0.471. The monoisotopic (exact) mass is 315 g/mol. The standard InChI is InChI=1S/C17H21N3O3/c1-23-11-13-5-4-8-19(9-13)16(21)10-20-12-18-15-7-3-2-6-14(15)17(20)22/h2-3,6-7,12-13H,4-5,8-11H2,1H3. The van der Waals surface area contributed by atoms with Gasteiger partial charge in [-0.15, -0.1) is 0 Å². The summed E-state index contributed by atoms with van der Waals surface area (Å²) in [6, 6.07) is 7.18. The molecule has 1 saturated heterocycles. The van der Waals surface area contributed by atoms with Gasteiger partial charge < -0.3 is 9.64 Å². The van der Waals surface area contributed by atoms with E-state index in [0.29, 0.717) is 30.0 Å². The fourth-order valence-corrected chi connectivity index (χ4v) is 3.13. The Bertz CT molecular complexity index is 754. The van der Waals surface area contributed by atoms with Crippen LogP contribution in [-0.2, 0) is 16.1 Å². The maximum absolute atomic E-state index is 12.5. The molecule has 0 aliphatic carbocycles. The van der Waals surface area contributed by atoms with Gasteiger partial charge in [-0.25, -0.2) is 4.98 Å². The zero-order valence-electron chi connectivity index (χ0n) is 13.3. The van der Waals surface area contributed by atoms with E-state index in [1.165, 1.54) is 10.9 Å². The molecule has 2 heterocycles. The second kappa shape index (κ2) is 6.91. The van der Waals surface area contributed by atoms with Gasteiger partial charge in [-0.1, -0.05) is 12.1 Å². The lowest BCUT2D eigenvalue weighted by Gasteiger charge is -2.32. The molecule has 1 aliphatic rings. The third-order valence-corrected chi connectivity index (χ3v) is 4.31. The van der Waals surface area contributed by atoms with Crippen molar-refractivity contribution < 1.29 is 9.53 Å². The minimum Gasteiger partial charge on any atom is -0.384 e. The zero-order valence-corrected chi connectivity index (χ0v) is 13.3. The van der Waals surface area contributed by atoms with Crippen molar-refractivity contribution in [2.24, 2.45) is 5.92 Å². The van der Waals surface area contributed by atoms with Crippen LogP contribution in [0, 0.1) is 5.92 Å². The minimum absolute atomic E-state index is 0.0371. The average Bonchev–Trinajstić information content (AvgIpc) is 2.58. The predicted molar refractivity (Wildman–Crippen MR) is 87.2 cm³/mol. The highest BCUT2D eigenvalue weighted by atomic mass is 16.5. The summed E-state index contributed by atoms with van der Waals surface area (Å²) < 4.78 is 6.59. The minimum atomic E-state index is -0.172. The molecule has 6 nitrogen and oxygen atoms in total. The third kappa shape index (κ3) is 3.42. The first-order valence-electron chi connectivity index (χ1n) is 7.90. The Morgan fingerprint density at radius 3 is 3.04 bits per heavy atom. The van der Waals surface area contributed by atoms with E-state index in [1.807, 2.05) is 11.0 Å². The van der Waals surface area contributed by atoms with E-state index in [1.54, 1.807) is 25.3 Å². The van der Waals surface area contributed by atoms with Crippen LogP contribution in [0.1, 0.15) is 12.8 Å². The number of para-hydroxylation sites is 1. The number of benzene rings is 1. The lowest BCUT2D eigenvalue weighted by atomic mass is 9.99. The molecule has 1 unspecified atom stereocenters. The van der Waals surface area contributed by atoms with E-state index in [4.69, 9.17) is 4.74 Å². The second-order valence-corrected chi connectivity index (χ2v) is 6.00. The van der Waals surface area contributed by atoms with Crippen LogP contribution in [0.2, 0.25) is 0 Å². The van der Waals surface area contributed by atoms with Gasteiger partial charge in [-0.05, 0) is 30.9 Å². The first-order chi connectivity index (χ1) is 11.2. The van der Waals surface area contributed by atoms with Crippen molar-refractivity contribution in [2.75, 3.05) is 26.8 Å². The summed E-state index contributed by atoms with van der Waals surface area (Å²) in [6.07, 6.45) is 3.51. The van der Waals surface area contributed by atoms with Crippen molar-refractivity contribution in [1.82, 2.24) is 14.5 Å². The molecule has 0 N–H and O–H groups in total. The number of nitrogens with zero attached hydrogens (tertiary/aromatic N) is 3. The Morgan fingerprint density at radius 2 is 2.22 bits per heavy atom. The first kappa shape index (κ1) is 15.7. The number of amides is 1. The molecule has 122 valence electrons. The Morgan fingerprint density at radius 1 is 1.39 bits per heavy atom. The van der Waals surface area contributed by atoms with Crippen LogP contribution < -0.4 is 5.56 Å². The normalized spacial score (nSPS) is 18.3. The molecule has 23 heavy (non-hydrogen) atoms. The molecular formula is C17H21N3O3. The molecule has 1 fully saturated rings. The quantitative estimate of drug-likeness (QED) is 0.852. The molecule has 1 aromatic carbocycles. The SMILES string of the molecule is COCC1CCCN(C(=O)Cn2cnc3ccccc3c2=O)C1. The number of hydrogen-bond acceptors (Lipinski definition) is 4. The van der Waals surface area contributed by atoms with Gasteiger partial charge in [0.2, 0.25) is 5.91 Å². The summed E-state index contributed by atoms with van der Waals surface area (Å²) in [5, 5.41) is 0.540. The van der Waals surface area contributed by atoms with Crippen LogP contribution in [-0.4, -0.2) is 47.2 Å². The van der Waals surface area contributed by atoms with Gasteiger partial charge in [0.15, 0.2) is 0 Å². The van der Waals surface area contributed by atoms with Crippen LogP contribution in [0.25, 0.3) is 10.9 Å². The number of hydrogen-bond donors (Lipinski definition) is 0. The molecule has 1 aromatic heterocycles. The number of methoxy groups -OCH3 is 1. The maximum Gasteiger partial charge on any atom is 0.261 e. The van der Waals surface area contributed by atoms with E-state index < -0.39 is 0 Å². The molecule has 1 amide bonds. The van der Waals surface area contributed by atoms with E-state index >= 15 is 0 Å². The predicted octanol–water partition coefficient (Wildman–Crippen LogP) is 1.28. The number of fused-ring (bicyclic) bond motifs is 1. The Labute approximate surface area is 134 Å². The van der Waals surface area contributed by atoms with Crippen LogP contribution >= 0.6 is 0 Å². The summed E-state index contributed by atoms with van der Waals surface area (Å²) in [7, 11) is 1.68.